The fraction of sp³-hybridized carbons (Fsp3) is 0.882. The Bertz CT molecular complexity index is 279. The second-order valence-corrected chi connectivity index (χ2v) is 14.1. The Labute approximate surface area is 137 Å². The molecular weight excluding hydrogens is 290 g/mol. The lowest BCUT2D eigenvalue weighted by Crippen LogP contribution is -2.52. The SMILES string of the molecule is C=C[SiH2]C(O[Si](C)(C)C(C)(C)C)N(CCCC)CCCC. The number of hydrogen-bond donors (Lipinski definition) is 0. The Hall–Kier alpha value is 0.0938. The predicted molar refractivity (Wildman–Crippen MR) is 102 cm³/mol. The molecule has 0 aromatic carbocycles. The average Bonchev–Trinajstić information content (AvgIpc) is 2.37. The Morgan fingerprint density at radius 1 is 1.14 bits per heavy atom. The molecule has 0 bridgehead atoms. The first-order chi connectivity index (χ1) is 9.69. The summed E-state index contributed by atoms with van der Waals surface area (Å²) in [7, 11) is -2.10. The van der Waals surface area contributed by atoms with E-state index in [1.807, 2.05) is 0 Å². The van der Waals surface area contributed by atoms with Gasteiger partial charge in [0.05, 0.1) is 15.4 Å². The monoisotopic (exact) mass is 329 g/mol. The maximum absolute atomic E-state index is 6.75. The first-order valence-electron chi connectivity index (χ1n) is 8.72. The number of rotatable bonds is 11. The van der Waals surface area contributed by atoms with Crippen LogP contribution < -0.4 is 0 Å². The highest BCUT2D eigenvalue weighted by atomic mass is 28.4. The fourth-order valence-electron chi connectivity index (χ4n) is 2.05. The van der Waals surface area contributed by atoms with E-state index in [9.17, 15) is 0 Å². The van der Waals surface area contributed by atoms with Gasteiger partial charge in [-0.25, -0.2) is 0 Å². The minimum Gasteiger partial charge on any atom is -0.405 e. The summed E-state index contributed by atoms with van der Waals surface area (Å²) < 4.78 is 6.75. The number of unbranched alkanes of at least 4 members (excludes halogenated alkanes) is 2. The minimum absolute atomic E-state index is 0.280. The molecule has 0 saturated carbocycles. The zero-order valence-corrected chi connectivity index (χ0v) is 18.1. The van der Waals surface area contributed by atoms with Gasteiger partial charge in [-0.2, -0.15) is 0 Å². The molecule has 2 nitrogen and oxygen atoms in total. The lowest BCUT2D eigenvalue weighted by Gasteiger charge is -2.42. The predicted octanol–water partition coefficient (Wildman–Crippen LogP) is 4.51. The van der Waals surface area contributed by atoms with Gasteiger partial charge in [-0.05, 0) is 31.0 Å². The zero-order valence-electron chi connectivity index (χ0n) is 15.7. The van der Waals surface area contributed by atoms with Gasteiger partial charge in [0, 0.05) is 13.1 Å². The summed E-state index contributed by atoms with van der Waals surface area (Å²) in [5, 5.41) is 0.280. The van der Waals surface area contributed by atoms with Crippen LogP contribution in [-0.4, -0.2) is 41.7 Å². The highest BCUT2D eigenvalue weighted by Gasteiger charge is 2.39. The molecule has 0 spiro atoms. The maximum Gasteiger partial charge on any atom is 0.193 e. The first-order valence-corrected chi connectivity index (χ1v) is 13.3. The van der Waals surface area contributed by atoms with Crippen molar-refractivity contribution in [3.8, 4) is 0 Å². The van der Waals surface area contributed by atoms with Crippen LogP contribution in [0.1, 0.15) is 60.3 Å². The summed E-state index contributed by atoms with van der Waals surface area (Å²) in [5.74, 6) is 0.349. The van der Waals surface area contributed by atoms with Crippen molar-refractivity contribution in [2.75, 3.05) is 13.1 Å². The van der Waals surface area contributed by atoms with Crippen molar-refractivity contribution in [1.29, 1.82) is 0 Å². The van der Waals surface area contributed by atoms with E-state index in [2.05, 4.69) is 64.9 Å². The first kappa shape index (κ1) is 21.1. The largest absolute Gasteiger partial charge is 0.405 e. The summed E-state index contributed by atoms with van der Waals surface area (Å²) in [4.78, 5) is 2.61. The molecule has 0 aromatic rings. The molecule has 0 heterocycles. The molecule has 0 radical (unpaired) electrons. The second-order valence-electron chi connectivity index (χ2n) is 7.60. The van der Waals surface area contributed by atoms with Crippen molar-refractivity contribution in [3.63, 3.8) is 0 Å². The van der Waals surface area contributed by atoms with Gasteiger partial charge in [0.2, 0.25) is 0 Å². The Morgan fingerprint density at radius 3 is 1.95 bits per heavy atom. The lowest BCUT2D eigenvalue weighted by molar-refractivity contribution is 0.0723. The third-order valence-corrected chi connectivity index (χ3v) is 10.8. The molecule has 0 aliphatic heterocycles. The second kappa shape index (κ2) is 9.98. The van der Waals surface area contributed by atoms with E-state index in [1.54, 1.807) is 0 Å². The third kappa shape index (κ3) is 7.77. The van der Waals surface area contributed by atoms with Crippen LogP contribution in [0.5, 0.6) is 0 Å². The van der Waals surface area contributed by atoms with Crippen LogP contribution in [0.4, 0.5) is 0 Å². The smallest absolute Gasteiger partial charge is 0.193 e. The lowest BCUT2D eigenvalue weighted by atomic mass is 10.2. The van der Waals surface area contributed by atoms with Gasteiger partial charge in [0.25, 0.3) is 0 Å². The minimum atomic E-state index is -1.70. The molecule has 0 aliphatic carbocycles. The summed E-state index contributed by atoms with van der Waals surface area (Å²) in [6, 6.07) is 0. The van der Waals surface area contributed by atoms with Crippen molar-refractivity contribution >= 4 is 17.8 Å². The van der Waals surface area contributed by atoms with Crippen molar-refractivity contribution < 1.29 is 4.43 Å². The van der Waals surface area contributed by atoms with Gasteiger partial charge in [-0.15, -0.1) is 12.3 Å². The van der Waals surface area contributed by atoms with Gasteiger partial charge in [0.15, 0.2) is 8.32 Å². The van der Waals surface area contributed by atoms with E-state index in [0.29, 0.717) is 5.85 Å². The van der Waals surface area contributed by atoms with Crippen LogP contribution >= 0.6 is 0 Å². The molecule has 21 heavy (non-hydrogen) atoms. The van der Waals surface area contributed by atoms with Gasteiger partial charge in [-0.1, -0.05) is 47.5 Å². The van der Waals surface area contributed by atoms with Crippen LogP contribution in [0.25, 0.3) is 0 Å². The van der Waals surface area contributed by atoms with Gasteiger partial charge >= 0.3 is 0 Å². The molecule has 1 atom stereocenters. The molecule has 0 saturated heterocycles. The van der Waals surface area contributed by atoms with Crippen LogP contribution in [-0.2, 0) is 4.43 Å². The molecule has 126 valence electrons. The highest BCUT2D eigenvalue weighted by Crippen LogP contribution is 2.37. The fourth-order valence-corrected chi connectivity index (χ4v) is 5.82. The van der Waals surface area contributed by atoms with E-state index >= 15 is 0 Å². The topological polar surface area (TPSA) is 12.5 Å². The van der Waals surface area contributed by atoms with Crippen molar-refractivity contribution in [2.24, 2.45) is 0 Å². The molecule has 4 heteroatoms. The van der Waals surface area contributed by atoms with Crippen LogP contribution in [0.2, 0.25) is 18.1 Å². The van der Waals surface area contributed by atoms with E-state index in [-0.39, 0.29) is 5.04 Å². The molecule has 1 unspecified atom stereocenters. The van der Waals surface area contributed by atoms with Crippen LogP contribution in [0, 0.1) is 0 Å². The Balaban J connectivity index is 4.97. The third-order valence-electron chi connectivity index (χ3n) is 4.61. The van der Waals surface area contributed by atoms with E-state index in [0.717, 1.165) is 0 Å². The maximum atomic E-state index is 6.75. The van der Waals surface area contributed by atoms with E-state index in [1.165, 1.54) is 38.8 Å². The number of nitrogens with zero attached hydrogens (tertiary/aromatic N) is 1. The summed E-state index contributed by atoms with van der Waals surface area (Å²) in [6.45, 7) is 22.6. The van der Waals surface area contributed by atoms with Gasteiger partial charge in [0.1, 0.15) is 0 Å². The molecule has 0 aliphatic rings. The molecule has 0 amide bonds. The molecule has 0 fully saturated rings. The standard InChI is InChI=1S/C17H39NOSi2/c1-9-12-14-18(15-13-10-2)16(20-11-3)19-21(7,8)17(4,5)6/h11,16H,3,9-10,12-15,20H2,1-2,4-8H3. The molecule has 0 aromatic heterocycles. The normalized spacial score (nSPS) is 15.0. The summed E-state index contributed by atoms with van der Waals surface area (Å²) in [5.41, 5.74) is 2.16. The molecule has 0 N–H and O–H groups in total. The quantitative estimate of drug-likeness (QED) is 0.408. The van der Waals surface area contributed by atoms with Crippen molar-refractivity contribution in [1.82, 2.24) is 4.90 Å². The summed E-state index contributed by atoms with van der Waals surface area (Å²) in [6.07, 6.45) is 5.05. The average molecular weight is 330 g/mol. The van der Waals surface area contributed by atoms with E-state index in [4.69, 9.17) is 4.43 Å². The van der Waals surface area contributed by atoms with Gasteiger partial charge in [-0.3, -0.25) is 4.90 Å². The summed E-state index contributed by atoms with van der Waals surface area (Å²) >= 11 is 0. The highest BCUT2D eigenvalue weighted by molar-refractivity contribution is 6.74. The molecule has 0 rings (SSSR count). The number of hydrogen-bond acceptors (Lipinski definition) is 2. The molecular formula is C17H39NOSi2. The van der Waals surface area contributed by atoms with Crippen LogP contribution in [0.15, 0.2) is 12.3 Å². The van der Waals surface area contributed by atoms with Crippen molar-refractivity contribution in [3.05, 3.63) is 12.3 Å². The van der Waals surface area contributed by atoms with E-state index < -0.39 is 17.8 Å². The Kier molecular flexibility index (Phi) is 10.0. The Morgan fingerprint density at radius 2 is 1.62 bits per heavy atom. The zero-order chi connectivity index (χ0) is 16.5. The van der Waals surface area contributed by atoms with Crippen LogP contribution in [0.3, 0.4) is 0 Å². The van der Waals surface area contributed by atoms with Gasteiger partial charge < -0.3 is 4.43 Å². The van der Waals surface area contributed by atoms with Crippen molar-refractivity contribution in [2.45, 2.75) is 84.3 Å².